The Morgan fingerprint density at radius 3 is 1.65 bits per heavy atom. The molecule has 0 aromatic heterocycles. The summed E-state index contributed by atoms with van der Waals surface area (Å²) in [5.74, 6) is -21.3. The molecule has 0 atom stereocenters. The standard InChI is InChI=1S/C11H12F8O/c1-3-4-7(6-20-2)10(16,17)8(12,13)5-9(14,15)11(7,18)19/h3H,1,4-6H2,2H3. The van der Waals surface area contributed by atoms with Gasteiger partial charge in [-0.3, -0.25) is 0 Å². The quantitative estimate of drug-likeness (QED) is 0.560. The van der Waals surface area contributed by atoms with Crippen molar-refractivity contribution in [1.29, 1.82) is 0 Å². The smallest absolute Gasteiger partial charge is 0.324 e. The van der Waals surface area contributed by atoms with E-state index >= 15 is 0 Å². The molecule has 1 rings (SSSR count). The van der Waals surface area contributed by atoms with Gasteiger partial charge in [0.2, 0.25) is 0 Å². The molecule has 0 spiro atoms. The van der Waals surface area contributed by atoms with Gasteiger partial charge in [0.25, 0.3) is 0 Å². The molecule has 0 bridgehead atoms. The minimum atomic E-state index is -5.38. The van der Waals surface area contributed by atoms with E-state index < -0.39 is 48.6 Å². The second kappa shape index (κ2) is 4.57. The van der Waals surface area contributed by atoms with Gasteiger partial charge in [-0.05, 0) is 6.42 Å². The van der Waals surface area contributed by atoms with E-state index in [4.69, 9.17) is 0 Å². The number of methoxy groups -OCH3 is 1. The summed E-state index contributed by atoms with van der Waals surface area (Å²) in [5, 5.41) is 0. The highest BCUT2D eigenvalue weighted by atomic mass is 19.3. The Balaban J connectivity index is 3.62. The Morgan fingerprint density at radius 2 is 1.35 bits per heavy atom. The molecule has 9 heteroatoms. The summed E-state index contributed by atoms with van der Waals surface area (Å²) in [4.78, 5) is 0. The van der Waals surface area contributed by atoms with Gasteiger partial charge in [0.1, 0.15) is 5.41 Å². The van der Waals surface area contributed by atoms with Gasteiger partial charge in [-0.1, -0.05) is 6.08 Å². The largest absolute Gasteiger partial charge is 0.384 e. The van der Waals surface area contributed by atoms with Crippen LogP contribution in [0.4, 0.5) is 35.1 Å². The van der Waals surface area contributed by atoms with Gasteiger partial charge in [0, 0.05) is 7.11 Å². The highest BCUT2D eigenvalue weighted by molar-refractivity contribution is 5.19. The molecule has 0 N–H and O–H groups in total. The second-order valence-corrected chi connectivity index (χ2v) is 4.74. The molecule has 0 aliphatic heterocycles. The maximum absolute atomic E-state index is 13.8. The summed E-state index contributed by atoms with van der Waals surface area (Å²) < 4.78 is 113. The summed E-state index contributed by atoms with van der Waals surface area (Å²) in [6, 6.07) is 0. The highest BCUT2D eigenvalue weighted by Crippen LogP contribution is 2.67. The van der Waals surface area contributed by atoms with Crippen molar-refractivity contribution in [3.8, 4) is 0 Å². The van der Waals surface area contributed by atoms with E-state index in [-0.39, 0.29) is 0 Å². The van der Waals surface area contributed by atoms with Crippen molar-refractivity contribution in [3.63, 3.8) is 0 Å². The normalized spacial score (nSPS) is 28.9. The number of hydrogen-bond donors (Lipinski definition) is 0. The molecular weight excluding hydrogens is 300 g/mol. The lowest BCUT2D eigenvalue weighted by Crippen LogP contribution is -2.74. The lowest BCUT2D eigenvalue weighted by molar-refractivity contribution is -0.418. The first-order valence-corrected chi connectivity index (χ1v) is 5.44. The molecule has 118 valence electrons. The van der Waals surface area contributed by atoms with E-state index in [1.807, 2.05) is 0 Å². The van der Waals surface area contributed by atoms with Crippen LogP contribution in [0.25, 0.3) is 0 Å². The number of halogens is 8. The topological polar surface area (TPSA) is 9.23 Å². The van der Waals surface area contributed by atoms with E-state index in [0.29, 0.717) is 13.2 Å². The predicted octanol–water partition coefficient (Wildman–Crippen LogP) is 4.14. The third-order valence-corrected chi connectivity index (χ3v) is 3.45. The molecule has 1 aliphatic carbocycles. The molecule has 0 aromatic carbocycles. The maximum atomic E-state index is 13.8. The van der Waals surface area contributed by atoms with Crippen molar-refractivity contribution in [2.75, 3.05) is 13.7 Å². The zero-order valence-corrected chi connectivity index (χ0v) is 10.3. The Kier molecular flexibility index (Phi) is 3.93. The van der Waals surface area contributed by atoms with Crippen LogP contribution in [0.5, 0.6) is 0 Å². The highest BCUT2D eigenvalue weighted by Gasteiger charge is 2.88. The van der Waals surface area contributed by atoms with Gasteiger partial charge in [0.15, 0.2) is 0 Å². The van der Waals surface area contributed by atoms with Crippen molar-refractivity contribution in [1.82, 2.24) is 0 Å². The zero-order chi connectivity index (χ0) is 16.0. The molecule has 1 saturated carbocycles. The molecule has 0 heterocycles. The number of alkyl halides is 8. The molecular formula is C11H12F8O. The lowest BCUT2D eigenvalue weighted by atomic mass is 9.63. The van der Waals surface area contributed by atoms with E-state index in [1.165, 1.54) is 0 Å². The van der Waals surface area contributed by atoms with E-state index in [9.17, 15) is 35.1 Å². The van der Waals surface area contributed by atoms with Crippen LogP contribution in [0.3, 0.4) is 0 Å². The van der Waals surface area contributed by atoms with Gasteiger partial charge in [-0.15, -0.1) is 6.58 Å². The van der Waals surface area contributed by atoms with E-state index in [1.54, 1.807) is 0 Å². The minimum Gasteiger partial charge on any atom is -0.384 e. The molecule has 0 unspecified atom stereocenters. The molecule has 0 aromatic rings. The molecule has 0 saturated heterocycles. The molecule has 0 amide bonds. The fraction of sp³-hybridized carbons (Fsp3) is 0.818. The Labute approximate surface area is 109 Å². The fourth-order valence-electron chi connectivity index (χ4n) is 2.39. The first kappa shape index (κ1) is 17.2. The van der Waals surface area contributed by atoms with Crippen LogP contribution in [0.15, 0.2) is 12.7 Å². The average Bonchev–Trinajstić information content (AvgIpc) is 2.24. The minimum absolute atomic E-state index is 0.471. The fourth-order valence-corrected chi connectivity index (χ4v) is 2.39. The number of ether oxygens (including phenoxy) is 1. The summed E-state index contributed by atoms with van der Waals surface area (Å²) in [7, 11) is 0.682. The monoisotopic (exact) mass is 312 g/mol. The third-order valence-electron chi connectivity index (χ3n) is 3.45. The number of allylic oxidation sites excluding steroid dienone is 1. The van der Waals surface area contributed by atoms with Gasteiger partial charge in [-0.25, -0.2) is 0 Å². The van der Waals surface area contributed by atoms with Crippen molar-refractivity contribution in [2.24, 2.45) is 5.41 Å². The lowest BCUT2D eigenvalue weighted by Gasteiger charge is -2.53. The molecule has 1 nitrogen and oxygen atoms in total. The SMILES string of the molecule is C=CCC1(COC)C(F)(F)C(F)(F)CC(F)(F)C1(F)F. The summed E-state index contributed by atoms with van der Waals surface area (Å²) in [6.45, 7) is 1.23. The average molecular weight is 312 g/mol. The van der Waals surface area contributed by atoms with Crippen molar-refractivity contribution >= 4 is 0 Å². The van der Waals surface area contributed by atoms with Crippen molar-refractivity contribution in [2.45, 2.75) is 36.5 Å². The van der Waals surface area contributed by atoms with Crippen LogP contribution in [0.1, 0.15) is 12.8 Å². The van der Waals surface area contributed by atoms with Crippen molar-refractivity contribution < 1.29 is 39.9 Å². The van der Waals surface area contributed by atoms with E-state index in [0.717, 1.165) is 0 Å². The predicted molar refractivity (Wildman–Crippen MR) is 53.5 cm³/mol. The number of hydrogen-bond acceptors (Lipinski definition) is 1. The van der Waals surface area contributed by atoms with E-state index in [2.05, 4.69) is 11.3 Å². The molecule has 20 heavy (non-hydrogen) atoms. The zero-order valence-electron chi connectivity index (χ0n) is 10.3. The van der Waals surface area contributed by atoms with Crippen LogP contribution in [0, 0.1) is 5.41 Å². The summed E-state index contributed by atoms with van der Waals surface area (Å²) >= 11 is 0. The summed E-state index contributed by atoms with van der Waals surface area (Å²) in [5.41, 5.74) is -4.07. The maximum Gasteiger partial charge on any atom is 0.324 e. The van der Waals surface area contributed by atoms with Gasteiger partial charge < -0.3 is 4.74 Å². The van der Waals surface area contributed by atoms with Gasteiger partial charge in [0.05, 0.1) is 13.0 Å². The second-order valence-electron chi connectivity index (χ2n) is 4.74. The first-order valence-electron chi connectivity index (χ1n) is 5.44. The molecule has 1 aliphatic rings. The van der Waals surface area contributed by atoms with Crippen LogP contribution < -0.4 is 0 Å². The van der Waals surface area contributed by atoms with Crippen LogP contribution >= 0.6 is 0 Å². The summed E-state index contributed by atoms with van der Waals surface area (Å²) in [6.07, 6.45) is -3.91. The Morgan fingerprint density at radius 1 is 0.950 bits per heavy atom. The molecule has 1 fully saturated rings. The van der Waals surface area contributed by atoms with Crippen LogP contribution in [0.2, 0.25) is 0 Å². The van der Waals surface area contributed by atoms with Crippen molar-refractivity contribution in [3.05, 3.63) is 12.7 Å². The number of rotatable bonds is 4. The Bertz CT molecular complexity index is 364. The van der Waals surface area contributed by atoms with Crippen LogP contribution in [-0.2, 0) is 4.74 Å². The van der Waals surface area contributed by atoms with Gasteiger partial charge in [-0.2, -0.15) is 35.1 Å². The Hall–Kier alpha value is -0.860. The van der Waals surface area contributed by atoms with Gasteiger partial charge >= 0.3 is 23.7 Å². The molecule has 0 radical (unpaired) electrons. The van der Waals surface area contributed by atoms with Crippen LogP contribution in [-0.4, -0.2) is 37.4 Å². The first-order chi connectivity index (χ1) is 8.83. The third kappa shape index (κ3) is 1.85.